The first kappa shape index (κ1) is 19.3. The van der Waals surface area contributed by atoms with Gasteiger partial charge in [0.2, 0.25) is 0 Å². The minimum atomic E-state index is -0.575. The summed E-state index contributed by atoms with van der Waals surface area (Å²) in [5, 5.41) is 0. The van der Waals surface area contributed by atoms with Crippen LogP contribution in [0.4, 0.5) is 0 Å². The van der Waals surface area contributed by atoms with Crippen LogP contribution in [0, 0.1) is 5.92 Å². The van der Waals surface area contributed by atoms with Crippen LogP contribution >= 0.6 is 0 Å². The monoisotopic (exact) mass is 358 g/mol. The molecule has 0 radical (unpaired) electrons. The second kappa shape index (κ2) is 9.46. The van der Waals surface area contributed by atoms with Crippen molar-refractivity contribution in [2.75, 3.05) is 20.3 Å². The summed E-state index contributed by atoms with van der Waals surface area (Å²) < 4.78 is 20.8. The van der Waals surface area contributed by atoms with E-state index in [1.165, 1.54) is 6.07 Å². The molecule has 0 unspecified atom stereocenters. The highest BCUT2D eigenvalue weighted by atomic mass is 16.6. The molecule has 0 aliphatic heterocycles. The summed E-state index contributed by atoms with van der Waals surface area (Å²) in [6.07, 6.45) is 0. The van der Waals surface area contributed by atoms with E-state index in [0.29, 0.717) is 23.7 Å². The van der Waals surface area contributed by atoms with Crippen molar-refractivity contribution < 1.29 is 28.5 Å². The molecule has 0 bridgehead atoms. The van der Waals surface area contributed by atoms with Crippen LogP contribution in [0.1, 0.15) is 24.2 Å². The third kappa shape index (κ3) is 6.12. The number of carbonyl (C=O) groups is 2. The second-order valence-corrected chi connectivity index (χ2v) is 5.96. The van der Waals surface area contributed by atoms with Gasteiger partial charge in [-0.2, -0.15) is 0 Å². The van der Waals surface area contributed by atoms with Crippen molar-refractivity contribution in [1.82, 2.24) is 0 Å². The quantitative estimate of drug-likeness (QED) is 0.531. The molecule has 0 N–H and O–H groups in total. The molecular formula is C20H22O6. The van der Waals surface area contributed by atoms with Gasteiger partial charge in [0.05, 0.1) is 19.3 Å². The molecule has 0 spiro atoms. The molecule has 6 heteroatoms. The van der Waals surface area contributed by atoms with Crippen molar-refractivity contribution in [2.45, 2.75) is 13.8 Å². The number of carbonyl (C=O) groups excluding carboxylic acids is 2. The van der Waals surface area contributed by atoms with Gasteiger partial charge in [0.15, 0.2) is 6.61 Å². The van der Waals surface area contributed by atoms with E-state index in [1.54, 1.807) is 49.6 Å². The standard InChI is InChI=1S/C20H22O6/c1-14(2)12-25-20(22)15-5-4-6-18(11-15)26-19(21)13-24-17-9-7-16(23-3)8-10-17/h4-11,14H,12-13H2,1-3H3. The van der Waals surface area contributed by atoms with Crippen molar-refractivity contribution in [3.05, 3.63) is 54.1 Å². The van der Waals surface area contributed by atoms with Gasteiger partial charge in [-0.15, -0.1) is 0 Å². The highest BCUT2D eigenvalue weighted by molar-refractivity contribution is 5.90. The second-order valence-electron chi connectivity index (χ2n) is 5.96. The highest BCUT2D eigenvalue weighted by Gasteiger charge is 2.12. The molecule has 0 atom stereocenters. The van der Waals surface area contributed by atoms with Gasteiger partial charge in [-0.1, -0.05) is 19.9 Å². The topological polar surface area (TPSA) is 71.1 Å². The van der Waals surface area contributed by atoms with E-state index >= 15 is 0 Å². The van der Waals surface area contributed by atoms with E-state index in [9.17, 15) is 9.59 Å². The third-order valence-electron chi connectivity index (χ3n) is 3.27. The van der Waals surface area contributed by atoms with Gasteiger partial charge in [-0.05, 0) is 48.4 Å². The molecule has 138 valence electrons. The van der Waals surface area contributed by atoms with Crippen molar-refractivity contribution in [3.8, 4) is 17.2 Å². The molecule has 2 rings (SSSR count). The van der Waals surface area contributed by atoms with Crippen molar-refractivity contribution in [2.24, 2.45) is 5.92 Å². The summed E-state index contributed by atoms with van der Waals surface area (Å²) in [6, 6.07) is 13.1. The Bertz CT molecular complexity index is 736. The Morgan fingerprint density at radius 2 is 1.65 bits per heavy atom. The fourth-order valence-electron chi connectivity index (χ4n) is 1.99. The first-order valence-corrected chi connectivity index (χ1v) is 8.22. The van der Waals surface area contributed by atoms with Gasteiger partial charge in [-0.25, -0.2) is 9.59 Å². The summed E-state index contributed by atoms with van der Waals surface area (Å²) in [5.74, 6) is 0.692. The zero-order valence-electron chi connectivity index (χ0n) is 15.1. The van der Waals surface area contributed by atoms with Crippen LogP contribution in [0.3, 0.4) is 0 Å². The minimum absolute atomic E-state index is 0.245. The van der Waals surface area contributed by atoms with E-state index in [4.69, 9.17) is 18.9 Å². The molecule has 0 saturated heterocycles. The number of methoxy groups -OCH3 is 1. The molecule has 0 saturated carbocycles. The first-order chi connectivity index (χ1) is 12.5. The largest absolute Gasteiger partial charge is 0.497 e. The number of benzene rings is 2. The maximum atomic E-state index is 12.0. The predicted octanol–water partition coefficient (Wildman–Crippen LogP) is 3.49. The average molecular weight is 358 g/mol. The van der Waals surface area contributed by atoms with Crippen molar-refractivity contribution >= 4 is 11.9 Å². The Morgan fingerprint density at radius 3 is 2.31 bits per heavy atom. The smallest absolute Gasteiger partial charge is 0.349 e. The average Bonchev–Trinajstić information content (AvgIpc) is 2.65. The Morgan fingerprint density at radius 1 is 0.962 bits per heavy atom. The number of rotatable bonds is 8. The van der Waals surface area contributed by atoms with Crippen LogP contribution in [0.25, 0.3) is 0 Å². The summed E-state index contributed by atoms with van der Waals surface area (Å²) in [6.45, 7) is 3.98. The first-order valence-electron chi connectivity index (χ1n) is 8.22. The summed E-state index contributed by atoms with van der Waals surface area (Å²) in [4.78, 5) is 23.9. The van der Waals surface area contributed by atoms with E-state index in [1.807, 2.05) is 13.8 Å². The zero-order chi connectivity index (χ0) is 18.9. The normalized spacial score (nSPS) is 10.3. The molecule has 0 aliphatic rings. The van der Waals surface area contributed by atoms with Crippen molar-refractivity contribution in [3.63, 3.8) is 0 Å². The summed E-state index contributed by atoms with van der Waals surface area (Å²) in [5.41, 5.74) is 0.326. The number of esters is 2. The number of ether oxygens (including phenoxy) is 4. The summed E-state index contributed by atoms with van der Waals surface area (Å²) in [7, 11) is 1.57. The third-order valence-corrected chi connectivity index (χ3v) is 3.27. The SMILES string of the molecule is COc1ccc(OCC(=O)Oc2cccc(C(=O)OCC(C)C)c2)cc1. The zero-order valence-corrected chi connectivity index (χ0v) is 15.1. The highest BCUT2D eigenvalue weighted by Crippen LogP contribution is 2.18. The fraction of sp³-hybridized carbons (Fsp3) is 0.300. The van der Waals surface area contributed by atoms with Gasteiger partial charge in [0, 0.05) is 0 Å². The van der Waals surface area contributed by atoms with Gasteiger partial charge in [-0.3, -0.25) is 0 Å². The lowest BCUT2D eigenvalue weighted by atomic mass is 10.2. The Kier molecular flexibility index (Phi) is 7.02. The number of hydrogen-bond acceptors (Lipinski definition) is 6. The molecule has 2 aromatic carbocycles. The molecule has 2 aromatic rings. The van der Waals surface area contributed by atoms with Crippen molar-refractivity contribution in [1.29, 1.82) is 0 Å². The van der Waals surface area contributed by atoms with Crippen LogP contribution < -0.4 is 14.2 Å². The lowest BCUT2D eigenvalue weighted by Crippen LogP contribution is -2.18. The molecule has 6 nitrogen and oxygen atoms in total. The van der Waals surface area contributed by atoms with Gasteiger partial charge < -0.3 is 18.9 Å². The van der Waals surface area contributed by atoms with E-state index < -0.39 is 11.9 Å². The van der Waals surface area contributed by atoms with Crippen LogP contribution in [0.15, 0.2) is 48.5 Å². The lowest BCUT2D eigenvalue weighted by molar-refractivity contribution is -0.136. The van der Waals surface area contributed by atoms with E-state index in [-0.39, 0.29) is 18.3 Å². The maximum absolute atomic E-state index is 12.0. The predicted molar refractivity (Wildman–Crippen MR) is 95.7 cm³/mol. The molecule has 0 heterocycles. The van der Waals surface area contributed by atoms with Gasteiger partial charge in [0.25, 0.3) is 0 Å². The maximum Gasteiger partial charge on any atom is 0.349 e. The molecule has 26 heavy (non-hydrogen) atoms. The Balaban J connectivity index is 1.87. The molecule has 0 aromatic heterocycles. The Hall–Kier alpha value is -3.02. The summed E-state index contributed by atoms with van der Waals surface area (Å²) >= 11 is 0. The molecule has 0 amide bonds. The van der Waals surface area contributed by atoms with Crippen LogP contribution in [0.5, 0.6) is 17.2 Å². The van der Waals surface area contributed by atoms with E-state index in [0.717, 1.165) is 0 Å². The van der Waals surface area contributed by atoms with Gasteiger partial charge in [0.1, 0.15) is 17.2 Å². The molecule has 0 fully saturated rings. The fourth-order valence-corrected chi connectivity index (χ4v) is 1.99. The van der Waals surface area contributed by atoms with Crippen LogP contribution in [0.2, 0.25) is 0 Å². The molecular weight excluding hydrogens is 336 g/mol. The van der Waals surface area contributed by atoms with Crippen LogP contribution in [-0.2, 0) is 9.53 Å². The van der Waals surface area contributed by atoms with Gasteiger partial charge >= 0.3 is 11.9 Å². The Labute approximate surface area is 152 Å². The minimum Gasteiger partial charge on any atom is -0.497 e. The van der Waals surface area contributed by atoms with E-state index in [2.05, 4.69) is 0 Å². The number of hydrogen-bond donors (Lipinski definition) is 0. The molecule has 0 aliphatic carbocycles. The van der Waals surface area contributed by atoms with Crippen LogP contribution in [-0.4, -0.2) is 32.3 Å². The lowest BCUT2D eigenvalue weighted by Gasteiger charge is -2.09.